The fraction of sp³-hybridized carbons (Fsp3) is 0.412. The molecule has 27 heavy (non-hydrogen) atoms. The number of aryl methyl sites for hydroxylation is 1. The number of aliphatic imine (C=N–C) groups is 1. The number of halogens is 1. The van der Waals surface area contributed by atoms with Gasteiger partial charge in [-0.05, 0) is 6.07 Å². The molecule has 3 rings (SSSR count). The quantitative estimate of drug-likeness (QED) is 0.393. The van der Waals surface area contributed by atoms with Gasteiger partial charge in [-0.3, -0.25) is 14.5 Å². The molecule has 0 aromatic carbocycles. The van der Waals surface area contributed by atoms with Crippen LogP contribution in [0.4, 0.5) is 5.69 Å². The molecule has 1 aliphatic rings. The van der Waals surface area contributed by atoms with Gasteiger partial charge in [0.2, 0.25) is 11.8 Å². The summed E-state index contributed by atoms with van der Waals surface area (Å²) in [5.74, 6) is 1.26. The van der Waals surface area contributed by atoms with Gasteiger partial charge < -0.3 is 19.9 Å². The first-order chi connectivity index (χ1) is 12.6. The van der Waals surface area contributed by atoms with E-state index in [0.29, 0.717) is 31.5 Å². The van der Waals surface area contributed by atoms with E-state index in [-0.39, 0.29) is 36.4 Å². The Morgan fingerprint density at radius 1 is 1.37 bits per heavy atom. The molecule has 10 heteroatoms. The van der Waals surface area contributed by atoms with Crippen LogP contribution in [0.5, 0.6) is 5.88 Å². The Balaban J connectivity index is 0.00000261. The van der Waals surface area contributed by atoms with Gasteiger partial charge in [0, 0.05) is 39.4 Å². The highest BCUT2D eigenvalue weighted by atomic mass is 127. The molecule has 1 aliphatic heterocycles. The van der Waals surface area contributed by atoms with Gasteiger partial charge in [-0.1, -0.05) is 6.07 Å². The van der Waals surface area contributed by atoms with Crippen LogP contribution in [-0.4, -0.2) is 65.3 Å². The standard InChI is InChI=1S/C17H23N7O2.HI/c1-18-17(19-9-13-5-4-6-15(21-13)26-3)23-7-8-24(16(25)12-23)14-10-20-22(2)11-14;/h4-6,10-11H,7-9,12H2,1-3H3,(H,18,19);1H. The van der Waals surface area contributed by atoms with Crippen molar-refractivity contribution in [3.63, 3.8) is 0 Å². The molecule has 2 aromatic heterocycles. The molecular weight excluding hydrogens is 461 g/mol. The Kier molecular flexibility index (Phi) is 7.39. The number of amides is 1. The van der Waals surface area contributed by atoms with Crippen LogP contribution in [0.25, 0.3) is 0 Å². The van der Waals surface area contributed by atoms with Gasteiger partial charge in [0.1, 0.15) is 6.54 Å². The van der Waals surface area contributed by atoms with Crippen LogP contribution in [-0.2, 0) is 18.4 Å². The topological polar surface area (TPSA) is 87.9 Å². The number of hydrogen-bond acceptors (Lipinski definition) is 5. The average molecular weight is 485 g/mol. The maximum absolute atomic E-state index is 12.5. The van der Waals surface area contributed by atoms with Crippen molar-refractivity contribution in [2.45, 2.75) is 6.54 Å². The van der Waals surface area contributed by atoms with Gasteiger partial charge in [-0.25, -0.2) is 4.98 Å². The van der Waals surface area contributed by atoms with E-state index >= 15 is 0 Å². The van der Waals surface area contributed by atoms with Gasteiger partial charge in [-0.2, -0.15) is 5.10 Å². The summed E-state index contributed by atoms with van der Waals surface area (Å²) in [5.41, 5.74) is 1.66. The molecule has 1 saturated heterocycles. The van der Waals surface area contributed by atoms with E-state index < -0.39 is 0 Å². The number of nitrogens with zero attached hydrogens (tertiary/aromatic N) is 6. The van der Waals surface area contributed by atoms with Crippen molar-refractivity contribution in [2.75, 3.05) is 38.7 Å². The fourth-order valence-electron chi connectivity index (χ4n) is 2.85. The number of anilines is 1. The van der Waals surface area contributed by atoms with Gasteiger partial charge >= 0.3 is 0 Å². The molecule has 0 bridgehead atoms. The number of methoxy groups -OCH3 is 1. The summed E-state index contributed by atoms with van der Waals surface area (Å²) in [4.78, 5) is 24.9. The molecule has 1 N–H and O–H groups in total. The molecule has 0 unspecified atom stereocenters. The first-order valence-electron chi connectivity index (χ1n) is 8.35. The minimum Gasteiger partial charge on any atom is -0.481 e. The monoisotopic (exact) mass is 485 g/mol. The Hall–Kier alpha value is -2.37. The van der Waals surface area contributed by atoms with Gasteiger partial charge in [0.15, 0.2) is 5.96 Å². The summed E-state index contributed by atoms with van der Waals surface area (Å²) in [6.07, 6.45) is 3.55. The summed E-state index contributed by atoms with van der Waals surface area (Å²) >= 11 is 0. The van der Waals surface area contributed by atoms with Crippen LogP contribution in [0.15, 0.2) is 35.6 Å². The molecule has 0 aliphatic carbocycles. The van der Waals surface area contributed by atoms with Crippen molar-refractivity contribution >= 4 is 41.5 Å². The van der Waals surface area contributed by atoms with E-state index in [0.717, 1.165) is 11.4 Å². The van der Waals surface area contributed by atoms with Crippen molar-refractivity contribution in [3.05, 3.63) is 36.3 Å². The molecule has 3 heterocycles. The van der Waals surface area contributed by atoms with E-state index in [1.54, 1.807) is 36.0 Å². The number of carbonyl (C=O) groups excluding carboxylic acids is 1. The second-order valence-electron chi connectivity index (χ2n) is 5.91. The first-order valence-corrected chi connectivity index (χ1v) is 8.35. The molecule has 0 atom stereocenters. The van der Waals surface area contributed by atoms with Crippen molar-refractivity contribution in [1.29, 1.82) is 0 Å². The van der Waals surface area contributed by atoms with Crippen LogP contribution in [0.3, 0.4) is 0 Å². The number of carbonyl (C=O) groups is 1. The van der Waals surface area contributed by atoms with Crippen molar-refractivity contribution < 1.29 is 9.53 Å². The second-order valence-corrected chi connectivity index (χ2v) is 5.91. The highest BCUT2D eigenvalue weighted by Gasteiger charge is 2.27. The lowest BCUT2D eigenvalue weighted by Crippen LogP contribution is -2.55. The van der Waals surface area contributed by atoms with Crippen molar-refractivity contribution in [1.82, 2.24) is 25.0 Å². The highest BCUT2D eigenvalue weighted by molar-refractivity contribution is 14.0. The van der Waals surface area contributed by atoms with E-state index in [9.17, 15) is 4.79 Å². The second kappa shape index (κ2) is 9.53. The number of guanidine groups is 1. The van der Waals surface area contributed by atoms with E-state index in [1.165, 1.54) is 0 Å². The molecule has 0 spiro atoms. The Morgan fingerprint density at radius 2 is 2.19 bits per heavy atom. The lowest BCUT2D eigenvalue weighted by Gasteiger charge is -2.35. The Bertz CT molecular complexity index is 808. The van der Waals surface area contributed by atoms with E-state index in [2.05, 4.69) is 20.4 Å². The minimum absolute atomic E-state index is 0. The number of hydrogen-bond donors (Lipinski definition) is 1. The Morgan fingerprint density at radius 3 is 2.81 bits per heavy atom. The molecule has 0 saturated carbocycles. The predicted molar refractivity (Wildman–Crippen MR) is 114 cm³/mol. The van der Waals surface area contributed by atoms with Gasteiger partial charge in [0.25, 0.3) is 0 Å². The van der Waals surface area contributed by atoms with Crippen LogP contribution < -0.4 is 15.0 Å². The fourth-order valence-corrected chi connectivity index (χ4v) is 2.85. The summed E-state index contributed by atoms with van der Waals surface area (Å²) in [6.45, 7) is 2.04. The van der Waals surface area contributed by atoms with Crippen LogP contribution >= 0.6 is 24.0 Å². The minimum atomic E-state index is 0. The largest absolute Gasteiger partial charge is 0.481 e. The molecule has 9 nitrogen and oxygen atoms in total. The lowest BCUT2D eigenvalue weighted by atomic mass is 10.3. The van der Waals surface area contributed by atoms with Crippen molar-refractivity contribution in [3.8, 4) is 5.88 Å². The summed E-state index contributed by atoms with van der Waals surface area (Å²) in [6, 6.07) is 5.60. The number of nitrogens with one attached hydrogen (secondary N) is 1. The summed E-state index contributed by atoms with van der Waals surface area (Å²) < 4.78 is 6.83. The zero-order valence-corrected chi connectivity index (χ0v) is 18.0. The van der Waals surface area contributed by atoms with Gasteiger partial charge in [-0.15, -0.1) is 24.0 Å². The molecular formula is C17H24IN7O2. The zero-order valence-electron chi connectivity index (χ0n) is 15.6. The normalized spacial score (nSPS) is 14.8. The van der Waals surface area contributed by atoms with Crippen molar-refractivity contribution in [2.24, 2.45) is 12.0 Å². The zero-order chi connectivity index (χ0) is 18.5. The molecule has 0 radical (unpaired) electrons. The first kappa shape index (κ1) is 20.9. The Labute approximate surface area is 175 Å². The van der Waals surface area contributed by atoms with Gasteiger partial charge in [0.05, 0.1) is 31.2 Å². The third-order valence-corrected chi connectivity index (χ3v) is 4.15. The lowest BCUT2D eigenvalue weighted by molar-refractivity contribution is -0.120. The summed E-state index contributed by atoms with van der Waals surface area (Å²) in [5, 5.41) is 7.39. The maximum Gasteiger partial charge on any atom is 0.246 e. The molecule has 1 amide bonds. The number of rotatable bonds is 4. The SMILES string of the molecule is CN=C(NCc1cccc(OC)n1)N1CCN(c2cnn(C)c2)C(=O)C1.I. The predicted octanol–water partition coefficient (Wildman–Crippen LogP) is 0.866. The van der Waals surface area contributed by atoms with Crippen LogP contribution in [0.1, 0.15) is 5.69 Å². The number of piperazine rings is 1. The molecule has 2 aromatic rings. The average Bonchev–Trinajstić information content (AvgIpc) is 3.08. The highest BCUT2D eigenvalue weighted by Crippen LogP contribution is 2.16. The van der Waals surface area contributed by atoms with E-state index in [1.807, 2.05) is 30.3 Å². The number of ether oxygens (including phenoxy) is 1. The third-order valence-electron chi connectivity index (χ3n) is 4.15. The maximum atomic E-state index is 12.5. The van der Waals surface area contributed by atoms with Crippen LogP contribution in [0.2, 0.25) is 0 Å². The number of pyridine rings is 1. The van der Waals surface area contributed by atoms with Crippen LogP contribution in [0, 0.1) is 0 Å². The molecule has 146 valence electrons. The number of aromatic nitrogens is 3. The smallest absolute Gasteiger partial charge is 0.246 e. The molecule has 1 fully saturated rings. The van der Waals surface area contributed by atoms with E-state index in [4.69, 9.17) is 4.74 Å². The summed E-state index contributed by atoms with van der Waals surface area (Å²) in [7, 11) is 5.13. The third kappa shape index (κ3) is 5.08.